The molecule has 0 aliphatic carbocycles. The van der Waals surface area contributed by atoms with Crippen molar-refractivity contribution < 1.29 is 24.5 Å². The molecular formula is C14H24O5. The van der Waals surface area contributed by atoms with Crippen LogP contribution in [0.15, 0.2) is 12.2 Å². The summed E-state index contributed by atoms with van der Waals surface area (Å²) in [7, 11) is 0. The smallest absolute Gasteiger partial charge is 0.328 e. The zero-order valence-electron chi connectivity index (χ0n) is 11.8. The highest BCUT2D eigenvalue weighted by Crippen LogP contribution is 2.17. The maximum absolute atomic E-state index is 12.0. The molecule has 2 atom stereocenters. The maximum atomic E-state index is 12.0. The lowest BCUT2D eigenvalue weighted by molar-refractivity contribution is -0.156. The molecule has 0 aliphatic rings. The highest BCUT2D eigenvalue weighted by molar-refractivity contribution is 5.80. The first-order chi connectivity index (χ1) is 8.92. The van der Waals surface area contributed by atoms with Crippen LogP contribution in [0.3, 0.4) is 0 Å². The van der Waals surface area contributed by atoms with E-state index in [1.54, 1.807) is 0 Å². The molecule has 0 aromatic heterocycles. The number of aliphatic hydroxyl groups excluding tert-OH is 1. The second-order valence-electron chi connectivity index (χ2n) is 4.61. The Morgan fingerprint density at radius 3 is 2.11 bits per heavy atom. The van der Waals surface area contributed by atoms with Gasteiger partial charge in [-0.05, 0) is 25.8 Å². The molecule has 110 valence electrons. The highest BCUT2D eigenvalue weighted by atomic mass is 16.6. The number of aliphatic hydroxyl groups is 1. The Bertz CT molecular complexity index is 303. The fourth-order valence-electron chi connectivity index (χ4n) is 1.78. The molecule has 0 aromatic carbocycles. The molecule has 0 spiro atoms. The van der Waals surface area contributed by atoms with E-state index in [1.165, 1.54) is 13.0 Å². The molecule has 0 aliphatic heterocycles. The van der Waals surface area contributed by atoms with Crippen LogP contribution < -0.4 is 0 Å². The first-order valence-electron chi connectivity index (χ1n) is 6.72. The standard InChI is InChI=1S/C14H24O5/c1-4-6-11(7-5-2)14(18)19-12(10(3)15)8-9-13(16)17/h8-12,15H,4-7H2,1-3H3,(H,16,17)/b9-8+. The van der Waals surface area contributed by atoms with Crippen molar-refractivity contribution in [2.24, 2.45) is 5.92 Å². The van der Waals surface area contributed by atoms with E-state index in [1.807, 2.05) is 13.8 Å². The number of carbonyl (C=O) groups is 2. The largest absolute Gasteiger partial charge is 0.478 e. The van der Waals surface area contributed by atoms with Crippen molar-refractivity contribution in [3.05, 3.63) is 12.2 Å². The van der Waals surface area contributed by atoms with Gasteiger partial charge in [0, 0.05) is 6.08 Å². The van der Waals surface area contributed by atoms with Crippen LogP contribution in [0, 0.1) is 5.92 Å². The van der Waals surface area contributed by atoms with Gasteiger partial charge in [-0.2, -0.15) is 0 Å². The minimum absolute atomic E-state index is 0.186. The third-order valence-corrected chi connectivity index (χ3v) is 2.76. The molecule has 0 saturated carbocycles. The van der Waals surface area contributed by atoms with Gasteiger partial charge in [-0.1, -0.05) is 26.7 Å². The van der Waals surface area contributed by atoms with E-state index in [9.17, 15) is 14.7 Å². The number of carbonyl (C=O) groups excluding carboxylic acids is 1. The predicted octanol–water partition coefficient (Wildman–Crippen LogP) is 2.14. The summed E-state index contributed by atoms with van der Waals surface area (Å²) in [4.78, 5) is 22.4. The van der Waals surface area contributed by atoms with Gasteiger partial charge < -0.3 is 14.9 Å². The first-order valence-corrected chi connectivity index (χ1v) is 6.72. The van der Waals surface area contributed by atoms with E-state index in [4.69, 9.17) is 9.84 Å². The molecule has 2 N–H and O–H groups in total. The summed E-state index contributed by atoms with van der Waals surface area (Å²) in [5, 5.41) is 18.0. The Morgan fingerprint density at radius 1 is 1.21 bits per heavy atom. The summed E-state index contributed by atoms with van der Waals surface area (Å²) >= 11 is 0. The highest BCUT2D eigenvalue weighted by Gasteiger charge is 2.23. The van der Waals surface area contributed by atoms with Crippen LogP contribution in [-0.2, 0) is 14.3 Å². The summed E-state index contributed by atoms with van der Waals surface area (Å²) in [5.74, 6) is -1.69. The van der Waals surface area contributed by atoms with Crippen LogP contribution in [0.2, 0.25) is 0 Å². The Labute approximate surface area is 114 Å². The Balaban J connectivity index is 4.63. The van der Waals surface area contributed by atoms with Gasteiger partial charge in [-0.25, -0.2) is 4.79 Å². The lowest BCUT2D eigenvalue weighted by atomic mass is 9.98. The fraction of sp³-hybridized carbons (Fsp3) is 0.714. The Morgan fingerprint density at radius 2 is 1.74 bits per heavy atom. The molecular weight excluding hydrogens is 248 g/mol. The number of hydrogen-bond donors (Lipinski definition) is 2. The van der Waals surface area contributed by atoms with Crippen LogP contribution in [0.1, 0.15) is 46.5 Å². The van der Waals surface area contributed by atoms with E-state index in [-0.39, 0.29) is 11.9 Å². The number of esters is 1. The van der Waals surface area contributed by atoms with E-state index >= 15 is 0 Å². The average molecular weight is 272 g/mol. The predicted molar refractivity (Wildman–Crippen MR) is 71.6 cm³/mol. The molecule has 0 rings (SSSR count). The monoisotopic (exact) mass is 272 g/mol. The lowest BCUT2D eigenvalue weighted by Gasteiger charge is -2.21. The van der Waals surface area contributed by atoms with E-state index in [0.717, 1.165) is 31.8 Å². The van der Waals surface area contributed by atoms with Gasteiger partial charge in [-0.15, -0.1) is 0 Å². The molecule has 5 heteroatoms. The number of carboxylic acid groups (broad SMARTS) is 1. The van der Waals surface area contributed by atoms with Crippen LogP contribution in [0.5, 0.6) is 0 Å². The van der Waals surface area contributed by atoms with Gasteiger partial charge >= 0.3 is 11.9 Å². The molecule has 0 aromatic rings. The van der Waals surface area contributed by atoms with Gasteiger partial charge in [0.2, 0.25) is 0 Å². The summed E-state index contributed by atoms with van der Waals surface area (Å²) in [5.41, 5.74) is 0. The van der Waals surface area contributed by atoms with Crippen molar-refractivity contribution in [3.8, 4) is 0 Å². The summed E-state index contributed by atoms with van der Waals surface area (Å²) in [6, 6.07) is 0. The molecule has 5 nitrogen and oxygen atoms in total. The molecule has 0 radical (unpaired) electrons. The van der Waals surface area contributed by atoms with Crippen molar-refractivity contribution >= 4 is 11.9 Å². The van der Waals surface area contributed by atoms with Gasteiger partial charge in [-0.3, -0.25) is 4.79 Å². The second kappa shape index (κ2) is 9.55. The Hall–Kier alpha value is -1.36. The fourth-order valence-corrected chi connectivity index (χ4v) is 1.78. The molecule has 0 saturated heterocycles. The summed E-state index contributed by atoms with van der Waals surface area (Å²) < 4.78 is 5.19. The van der Waals surface area contributed by atoms with Gasteiger partial charge in [0.05, 0.1) is 12.0 Å². The van der Waals surface area contributed by atoms with Crippen LogP contribution in [0.4, 0.5) is 0 Å². The van der Waals surface area contributed by atoms with E-state index in [0.29, 0.717) is 0 Å². The van der Waals surface area contributed by atoms with Crippen molar-refractivity contribution in [2.75, 3.05) is 0 Å². The molecule has 0 fully saturated rings. The number of carboxylic acids is 1. The average Bonchev–Trinajstić information content (AvgIpc) is 2.33. The van der Waals surface area contributed by atoms with Crippen molar-refractivity contribution in [1.82, 2.24) is 0 Å². The molecule has 0 amide bonds. The maximum Gasteiger partial charge on any atom is 0.328 e. The van der Waals surface area contributed by atoms with Crippen LogP contribution >= 0.6 is 0 Å². The van der Waals surface area contributed by atoms with Crippen molar-refractivity contribution in [2.45, 2.75) is 58.7 Å². The summed E-state index contributed by atoms with van der Waals surface area (Å²) in [6.45, 7) is 5.44. The van der Waals surface area contributed by atoms with E-state index < -0.39 is 18.2 Å². The zero-order valence-corrected chi connectivity index (χ0v) is 11.8. The topological polar surface area (TPSA) is 83.8 Å². The minimum Gasteiger partial charge on any atom is -0.478 e. The minimum atomic E-state index is -1.14. The normalized spacial score (nSPS) is 14.6. The SMILES string of the molecule is CCCC(CCC)C(=O)OC(/C=C/C(=O)O)C(C)O. The third-order valence-electron chi connectivity index (χ3n) is 2.76. The van der Waals surface area contributed by atoms with Crippen molar-refractivity contribution in [3.63, 3.8) is 0 Å². The van der Waals surface area contributed by atoms with Crippen LogP contribution in [0.25, 0.3) is 0 Å². The lowest BCUT2D eigenvalue weighted by Crippen LogP contribution is -2.30. The quantitative estimate of drug-likeness (QED) is 0.496. The number of hydrogen-bond acceptors (Lipinski definition) is 4. The van der Waals surface area contributed by atoms with E-state index in [2.05, 4.69) is 0 Å². The van der Waals surface area contributed by atoms with Gasteiger partial charge in [0.15, 0.2) is 0 Å². The summed E-state index contributed by atoms with van der Waals surface area (Å²) in [6.07, 6.45) is 3.44. The second-order valence-corrected chi connectivity index (χ2v) is 4.61. The van der Waals surface area contributed by atoms with Crippen LogP contribution in [-0.4, -0.2) is 34.4 Å². The third kappa shape index (κ3) is 7.62. The zero-order chi connectivity index (χ0) is 14.8. The van der Waals surface area contributed by atoms with Gasteiger partial charge in [0.25, 0.3) is 0 Å². The molecule has 2 unspecified atom stereocenters. The Kier molecular flexibility index (Phi) is 8.87. The van der Waals surface area contributed by atoms with Gasteiger partial charge in [0.1, 0.15) is 6.10 Å². The molecule has 0 heterocycles. The number of aliphatic carboxylic acids is 1. The molecule has 19 heavy (non-hydrogen) atoms. The van der Waals surface area contributed by atoms with Crippen molar-refractivity contribution in [1.29, 1.82) is 0 Å². The number of ether oxygens (including phenoxy) is 1. The first kappa shape index (κ1) is 17.6. The molecule has 0 bridgehead atoms. The number of rotatable bonds is 9.